The van der Waals surface area contributed by atoms with E-state index < -0.39 is 0 Å². The molecule has 0 bridgehead atoms. The number of amides is 2. The van der Waals surface area contributed by atoms with Crippen LogP contribution in [0.5, 0.6) is 0 Å². The van der Waals surface area contributed by atoms with Gasteiger partial charge in [-0.15, -0.1) is 0 Å². The Morgan fingerprint density at radius 1 is 1.29 bits per heavy atom. The molecule has 0 aliphatic carbocycles. The van der Waals surface area contributed by atoms with Crippen LogP contribution >= 0.6 is 0 Å². The highest BCUT2D eigenvalue weighted by Crippen LogP contribution is 2.20. The molecule has 0 saturated carbocycles. The monoisotopic (exact) mass is 227 g/mol. The lowest BCUT2D eigenvalue weighted by molar-refractivity contribution is 0.243. The molecule has 0 atom stereocenters. The van der Waals surface area contributed by atoms with Gasteiger partial charge in [0.1, 0.15) is 0 Å². The molecule has 1 fully saturated rings. The van der Waals surface area contributed by atoms with Crippen molar-refractivity contribution in [1.82, 2.24) is 10.3 Å². The first-order chi connectivity index (χ1) is 8.34. The van der Waals surface area contributed by atoms with Gasteiger partial charge in [0, 0.05) is 18.5 Å². The van der Waals surface area contributed by atoms with Crippen LogP contribution in [-0.2, 0) is 0 Å². The molecule has 1 aliphatic heterocycles. The Bertz CT molecular complexity index is 567. The fourth-order valence-electron chi connectivity index (χ4n) is 2.08. The minimum atomic E-state index is -0.0340. The summed E-state index contributed by atoms with van der Waals surface area (Å²) >= 11 is 0. The van der Waals surface area contributed by atoms with Crippen molar-refractivity contribution in [3.8, 4) is 0 Å². The van der Waals surface area contributed by atoms with Gasteiger partial charge in [0.15, 0.2) is 0 Å². The fraction of sp³-hybridized carbons (Fsp3) is 0.231. The van der Waals surface area contributed by atoms with Gasteiger partial charge in [-0.2, -0.15) is 0 Å². The van der Waals surface area contributed by atoms with Crippen LogP contribution < -0.4 is 10.2 Å². The van der Waals surface area contributed by atoms with Crippen molar-refractivity contribution in [3.05, 3.63) is 36.5 Å². The Kier molecular flexibility index (Phi) is 2.40. The number of hydrogen-bond donors (Lipinski definition) is 1. The number of rotatable bonds is 1. The maximum atomic E-state index is 11.7. The average molecular weight is 227 g/mol. The van der Waals surface area contributed by atoms with Crippen molar-refractivity contribution in [2.24, 2.45) is 0 Å². The van der Waals surface area contributed by atoms with Crippen molar-refractivity contribution in [3.63, 3.8) is 0 Å². The van der Waals surface area contributed by atoms with Gasteiger partial charge >= 0.3 is 6.03 Å². The van der Waals surface area contributed by atoms with Crippen molar-refractivity contribution in [2.45, 2.75) is 6.42 Å². The van der Waals surface area contributed by atoms with Crippen molar-refractivity contribution >= 4 is 22.6 Å². The fourth-order valence-corrected chi connectivity index (χ4v) is 2.08. The van der Waals surface area contributed by atoms with Gasteiger partial charge in [-0.3, -0.25) is 9.88 Å². The van der Waals surface area contributed by atoms with Crippen LogP contribution in [0, 0.1) is 0 Å². The third kappa shape index (κ3) is 1.82. The highest BCUT2D eigenvalue weighted by Gasteiger charge is 2.19. The van der Waals surface area contributed by atoms with Crippen LogP contribution in [0.25, 0.3) is 10.9 Å². The van der Waals surface area contributed by atoms with E-state index in [0.29, 0.717) is 0 Å². The summed E-state index contributed by atoms with van der Waals surface area (Å²) in [6.07, 6.45) is 2.73. The number of anilines is 1. The van der Waals surface area contributed by atoms with Crippen molar-refractivity contribution < 1.29 is 4.79 Å². The number of carbonyl (C=O) groups excluding carboxylic acids is 1. The van der Waals surface area contributed by atoms with Crippen LogP contribution in [0.2, 0.25) is 0 Å². The number of aromatic nitrogens is 1. The van der Waals surface area contributed by atoms with E-state index in [9.17, 15) is 4.79 Å². The van der Waals surface area contributed by atoms with Gasteiger partial charge in [0.2, 0.25) is 0 Å². The topological polar surface area (TPSA) is 45.2 Å². The number of nitrogens with one attached hydrogen (secondary N) is 1. The normalized spacial score (nSPS) is 16.0. The molecular weight excluding hydrogens is 214 g/mol. The molecule has 0 unspecified atom stereocenters. The smallest absolute Gasteiger partial charge is 0.321 e. The minimum absolute atomic E-state index is 0.0340. The van der Waals surface area contributed by atoms with E-state index in [2.05, 4.69) is 10.3 Å². The lowest BCUT2D eigenvalue weighted by atomic mass is 10.2. The van der Waals surface area contributed by atoms with Crippen molar-refractivity contribution in [2.75, 3.05) is 18.0 Å². The molecule has 0 spiro atoms. The number of urea groups is 1. The zero-order chi connectivity index (χ0) is 11.7. The number of nitrogens with zero attached hydrogens (tertiary/aromatic N) is 2. The predicted octanol–water partition coefficient (Wildman–Crippen LogP) is 2.15. The van der Waals surface area contributed by atoms with Gasteiger partial charge in [0.25, 0.3) is 0 Å². The molecule has 3 rings (SSSR count). The first-order valence-electron chi connectivity index (χ1n) is 5.75. The highest BCUT2D eigenvalue weighted by atomic mass is 16.2. The molecule has 0 radical (unpaired) electrons. The Labute approximate surface area is 99.3 Å². The largest absolute Gasteiger partial charge is 0.338 e. The zero-order valence-electron chi connectivity index (χ0n) is 9.39. The van der Waals surface area contributed by atoms with Crippen LogP contribution in [0.3, 0.4) is 0 Å². The van der Waals surface area contributed by atoms with Gasteiger partial charge in [0.05, 0.1) is 17.4 Å². The highest BCUT2D eigenvalue weighted by molar-refractivity contribution is 5.94. The number of hydrogen-bond acceptors (Lipinski definition) is 2. The Morgan fingerprint density at radius 3 is 3.06 bits per heavy atom. The summed E-state index contributed by atoms with van der Waals surface area (Å²) in [5, 5.41) is 3.90. The first kappa shape index (κ1) is 10.1. The zero-order valence-corrected chi connectivity index (χ0v) is 9.39. The summed E-state index contributed by atoms with van der Waals surface area (Å²) in [5.41, 5.74) is 1.81. The van der Waals surface area contributed by atoms with Crippen LogP contribution in [0.1, 0.15) is 6.42 Å². The summed E-state index contributed by atoms with van der Waals surface area (Å²) in [6.45, 7) is 1.52. The Hall–Kier alpha value is -2.10. The average Bonchev–Trinajstić information content (AvgIpc) is 2.39. The maximum absolute atomic E-state index is 11.7. The molecule has 1 aromatic carbocycles. The van der Waals surface area contributed by atoms with E-state index in [0.717, 1.165) is 36.1 Å². The number of para-hydroxylation sites is 1. The predicted molar refractivity (Wildman–Crippen MR) is 67.1 cm³/mol. The van der Waals surface area contributed by atoms with Crippen LogP contribution in [0.15, 0.2) is 36.5 Å². The third-order valence-corrected chi connectivity index (χ3v) is 2.97. The molecule has 2 amide bonds. The number of carbonyl (C=O) groups is 1. The van der Waals surface area contributed by atoms with E-state index >= 15 is 0 Å². The Morgan fingerprint density at radius 2 is 2.18 bits per heavy atom. The van der Waals surface area contributed by atoms with Gasteiger partial charge in [-0.1, -0.05) is 18.2 Å². The molecule has 2 aromatic rings. The number of fused-ring (bicyclic) bond motifs is 1. The first-order valence-corrected chi connectivity index (χ1v) is 5.75. The molecule has 4 heteroatoms. The van der Waals surface area contributed by atoms with E-state index in [1.165, 1.54) is 0 Å². The van der Waals surface area contributed by atoms with Crippen LogP contribution in [-0.4, -0.2) is 24.1 Å². The maximum Gasteiger partial charge on any atom is 0.321 e. The van der Waals surface area contributed by atoms with Gasteiger partial charge in [-0.05, 0) is 18.6 Å². The lowest BCUT2D eigenvalue weighted by Gasteiger charge is -2.27. The summed E-state index contributed by atoms with van der Waals surface area (Å²) < 4.78 is 0. The van der Waals surface area contributed by atoms with E-state index in [-0.39, 0.29) is 6.03 Å². The van der Waals surface area contributed by atoms with E-state index in [4.69, 9.17) is 0 Å². The van der Waals surface area contributed by atoms with Crippen molar-refractivity contribution in [1.29, 1.82) is 0 Å². The Balaban J connectivity index is 2.02. The molecule has 1 saturated heterocycles. The molecule has 17 heavy (non-hydrogen) atoms. The second kappa shape index (κ2) is 4.05. The molecule has 4 nitrogen and oxygen atoms in total. The van der Waals surface area contributed by atoms with E-state index in [1.54, 1.807) is 11.1 Å². The molecule has 2 heterocycles. The summed E-state index contributed by atoms with van der Waals surface area (Å²) in [6, 6.07) is 9.89. The van der Waals surface area contributed by atoms with Gasteiger partial charge < -0.3 is 5.32 Å². The van der Waals surface area contributed by atoms with Crippen LogP contribution in [0.4, 0.5) is 10.5 Å². The molecule has 1 N–H and O–H groups in total. The molecule has 1 aliphatic rings. The summed E-state index contributed by atoms with van der Waals surface area (Å²) in [4.78, 5) is 17.8. The SMILES string of the molecule is O=C1NCCCN1c1cnc2ccccc2c1. The number of pyridine rings is 1. The molecular formula is C13H13N3O. The lowest BCUT2D eigenvalue weighted by Crippen LogP contribution is -2.46. The summed E-state index contributed by atoms with van der Waals surface area (Å²) in [7, 11) is 0. The number of benzene rings is 1. The minimum Gasteiger partial charge on any atom is -0.338 e. The van der Waals surface area contributed by atoms with E-state index in [1.807, 2.05) is 30.3 Å². The standard InChI is InChI=1S/C13H13N3O/c17-13-14-6-3-7-16(13)11-8-10-4-1-2-5-12(10)15-9-11/h1-2,4-5,8-9H,3,6-7H2,(H,14,17). The second-order valence-corrected chi connectivity index (χ2v) is 4.12. The third-order valence-electron chi connectivity index (χ3n) is 2.97. The van der Waals surface area contributed by atoms with Gasteiger partial charge in [-0.25, -0.2) is 4.79 Å². The molecule has 86 valence electrons. The molecule has 1 aromatic heterocycles. The second-order valence-electron chi connectivity index (χ2n) is 4.12. The summed E-state index contributed by atoms with van der Waals surface area (Å²) in [5.74, 6) is 0. The quantitative estimate of drug-likeness (QED) is 0.811.